The van der Waals surface area contributed by atoms with Crippen molar-refractivity contribution in [3.63, 3.8) is 0 Å². The standard InChI is InChI=1S/C16H20N4O3S/c1-17-24(22,23)20-11-9-19(10-12-20)16(21)15-8-7-14(18-15)13-5-3-2-4-6-13/h2-8,17-18H,9-12H2,1H3. The Labute approximate surface area is 141 Å². The summed E-state index contributed by atoms with van der Waals surface area (Å²) in [5, 5.41) is 0. The van der Waals surface area contributed by atoms with E-state index in [-0.39, 0.29) is 5.91 Å². The number of carbonyl (C=O) groups excluding carboxylic acids is 1. The molecule has 0 spiro atoms. The number of hydrogen-bond acceptors (Lipinski definition) is 3. The monoisotopic (exact) mass is 348 g/mol. The van der Waals surface area contributed by atoms with Crippen LogP contribution in [0.5, 0.6) is 0 Å². The Morgan fingerprint density at radius 3 is 2.33 bits per heavy atom. The lowest BCUT2D eigenvalue weighted by Crippen LogP contribution is -2.52. The lowest BCUT2D eigenvalue weighted by molar-refractivity contribution is 0.0692. The Bertz CT molecular complexity index is 809. The SMILES string of the molecule is CNS(=O)(=O)N1CCN(C(=O)c2ccc(-c3ccccc3)[nH]2)CC1. The normalized spacial score (nSPS) is 16.3. The van der Waals surface area contributed by atoms with Crippen molar-refractivity contribution in [1.82, 2.24) is 18.9 Å². The summed E-state index contributed by atoms with van der Waals surface area (Å²) in [6.07, 6.45) is 0. The minimum atomic E-state index is -3.43. The van der Waals surface area contributed by atoms with E-state index >= 15 is 0 Å². The lowest BCUT2D eigenvalue weighted by atomic mass is 10.2. The zero-order valence-corrected chi connectivity index (χ0v) is 14.2. The molecule has 1 aliphatic rings. The third-order valence-electron chi connectivity index (χ3n) is 4.12. The van der Waals surface area contributed by atoms with E-state index in [0.717, 1.165) is 11.3 Å². The lowest BCUT2D eigenvalue weighted by Gasteiger charge is -2.33. The number of aromatic nitrogens is 1. The van der Waals surface area contributed by atoms with Gasteiger partial charge in [-0.1, -0.05) is 30.3 Å². The molecule has 1 aromatic carbocycles. The van der Waals surface area contributed by atoms with Crippen molar-refractivity contribution in [2.45, 2.75) is 0 Å². The maximum atomic E-state index is 12.6. The molecule has 0 aliphatic carbocycles. The van der Waals surface area contributed by atoms with Gasteiger partial charge >= 0.3 is 0 Å². The number of amides is 1. The summed E-state index contributed by atoms with van der Waals surface area (Å²) in [6, 6.07) is 13.4. The third kappa shape index (κ3) is 3.35. The van der Waals surface area contributed by atoms with Crippen LogP contribution in [0, 0.1) is 0 Å². The van der Waals surface area contributed by atoms with Crippen molar-refractivity contribution in [2.75, 3.05) is 33.2 Å². The Morgan fingerprint density at radius 2 is 1.71 bits per heavy atom. The van der Waals surface area contributed by atoms with Crippen LogP contribution >= 0.6 is 0 Å². The molecule has 0 radical (unpaired) electrons. The maximum Gasteiger partial charge on any atom is 0.279 e. The van der Waals surface area contributed by atoms with E-state index in [9.17, 15) is 13.2 Å². The first-order valence-corrected chi connectivity index (χ1v) is 9.17. The number of aromatic amines is 1. The van der Waals surface area contributed by atoms with Crippen molar-refractivity contribution in [1.29, 1.82) is 0 Å². The average Bonchev–Trinajstić information content (AvgIpc) is 3.12. The summed E-state index contributed by atoms with van der Waals surface area (Å²) in [5.74, 6) is -0.112. The molecule has 1 saturated heterocycles. The van der Waals surface area contributed by atoms with Crippen LogP contribution in [0.15, 0.2) is 42.5 Å². The van der Waals surface area contributed by atoms with Gasteiger partial charge in [-0.05, 0) is 17.7 Å². The Balaban J connectivity index is 1.67. The number of nitrogens with one attached hydrogen (secondary N) is 2. The molecule has 0 atom stereocenters. The second-order valence-corrected chi connectivity index (χ2v) is 7.43. The van der Waals surface area contributed by atoms with Gasteiger partial charge < -0.3 is 9.88 Å². The van der Waals surface area contributed by atoms with Crippen molar-refractivity contribution < 1.29 is 13.2 Å². The highest BCUT2D eigenvalue weighted by atomic mass is 32.2. The summed E-state index contributed by atoms with van der Waals surface area (Å²) in [5.41, 5.74) is 2.41. The fourth-order valence-corrected chi connectivity index (χ4v) is 3.64. The number of carbonyl (C=O) groups is 1. The highest BCUT2D eigenvalue weighted by Gasteiger charge is 2.28. The highest BCUT2D eigenvalue weighted by Crippen LogP contribution is 2.19. The number of piperazine rings is 1. The van der Waals surface area contributed by atoms with Crippen molar-refractivity contribution in [3.8, 4) is 11.3 Å². The number of H-pyrrole nitrogens is 1. The molecule has 0 unspecified atom stereocenters. The highest BCUT2D eigenvalue weighted by molar-refractivity contribution is 7.87. The Hall–Kier alpha value is -2.16. The van der Waals surface area contributed by atoms with E-state index in [1.807, 2.05) is 36.4 Å². The predicted molar refractivity (Wildman–Crippen MR) is 91.7 cm³/mol. The predicted octanol–water partition coefficient (Wildman–Crippen LogP) is 0.904. The summed E-state index contributed by atoms with van der Waals surface area (Å²) in [6.45, 7) is 1.33. The van der Waals surface area contributed by atoms with E-state index in [1.54, 1.807) is 11.0 Å². The van der Waals surface area contributed by atoms with Crippen LogP contribution in [0.4, 0.5) is 0 Å². The van der Waals surface area contributed by atoms with E-state index in [2.05, 4.69) is 9.71 Å². The molecule has 7 nitrogen and oxygen atoms in total. The number of rotatable bonds is 4. The third-order valence-corrected chi connectivity index (χ3v) is 5.69. The second kappa shape index (κ2) is 6.76. The van der Waals surface area contributed by atoms with E-state index < -0.39 is 10.2 Å². The number of hydrogen-bond donors (Lipinski definition) is 2. The van der Waals surface area contributed by atoms with Crippen molar-refractivity contribution in [2.24, 2.45) is 0 Å². The van der Waals surface area contributed by atoms with Crippen molar-refractivity contribution >= 4 is 16.1 Å². The Kier molecular flexibility index (Phi) is 4.70. The van der Waals surface area contributed by atoms with Gasteiger partial charge in [-0.25, -0.2) is 4.72 Å². The van der Waals surface area contributed by atoms with Gasteiger partial charge in [0.15, 0.2) is 0 Å². The molecule has 0 bridgehead atoms. The van der Waals surface area contributed by atoms with Crippen molar-refractivity contribution in [3.05, 3.63) is 48.2 Å². The summed E-state index contributed by atoms with van der Waals surface area (Å²) in [7, 11) is -2.04. The van der Waals surface area contributed by atoms with Gasteiger partial charge in [0.1, 0.15) is 5.69 Å². The van der Waals surface area contributed by atoms with Gasteiger partial charge in [0.05, 0.1) is 0 Å². The topological polar surface area (TPSA) is 85.5 Å². The van der Waals surface area contributed by atoms with Crippen LogP contribution in [0.25, 0.3) is 11.3 Å². The second-order valence-electron chi connectivity index (χ2n) is 5.55. The van der Waals surface area contributed by atoms with Crippen LogP contribution in [0.2, 0.25) is 0 Å². The summed E-state index contributed by atoms with van der Waals surface area (Å²) < 4.78 is 27.2. The fraction of sp³-hybridized carbons (Fsp3) is 0.312. The molecule has 1 fully saturated rings. The van der Waals surface area contributed by atoms with Crippen LogP contribution in [0.1, 0.15) is 10.5 Å². The van der Waals surface area contributed by atoms with Gasteiger partial charge in [-0.2, -0.15) is 12.7 Å². The zero-order chi connectivity index (χ0) is 17.2. The summed E-state index contributed by atoms with van der Waals surface area (Å²) >= 11 is 0. The molecule has 2 heterocycles. The molecule has 1 aromatic heterocycles. The van der Waals surface area contributed by atoms with E-state index in [0.29, 0.717) is 31.9 Å². The molecule has 24 heavy (non-hydrogen) atoms. The van der Waals surface area contributed by atoms with Crippen LogP contribution in [-0.4, -0.2) is 61.7 Å². The van der Waals surface area contributed by atoms with Gasteiger partial charge in [-0.3, -0.25) is 4.79 Å². The van der Waals surface area contributed by atoms with Gasteiger partial charge in [-0.15, -0.1) is 0 Å². The Morgan fingerprint density at radius 1 is 1.04 bits per heavy atom. The molecule has 1 aliphatic heterocycles. The number of benzene rings is 1. The zero-order valence-electron chi connectivity index (χ0n) is 13.4. The minimum Gasteiger partial charge on any atom is -0.351 e. The average molecular weight is 348 g/mol. The molecular weight excluding hydrogens is 328 g/mol. The molecule has 0 saturated carbocycles. The van der Waals surface area contributed by atoms with Gasteiger partial charge in [0, 0.05) is 38.9 Å². The largest absolute Gasteiger partial charge is 0.351 e. The number of nitrogens with zero attached hydrogens (tertiary/aromatic N) is 2. The first kappa shape index (κ1) is 16.7. The molecule has 8 heteroatoms. The quantitative estimate of drug-likeness (QED) is 0.861. The molecule has 2 aromatic rings. The fourth-order valence-electron chi connectivity index (χ4n) is 2.74. The molecular formula is C16H20N4O3S. The molecule has 1 amide bonds. The van der Waals surface area contributed by atoms with E-state index in [4.69, 9.17) is 0 Å². The molecule has 3 rings (SSSR count). The molecule has 2 N–H and O–H groups in total. The maximum absolute atomic E-state index is 12.6. The first-order chi connectivity index (χ1) is 11.5. The smallest absolute Gasteiger partial charge is 0.279 e. The van der Waals surface area contributed by atoms with Crippen LogP contribution in [-0.2, 0) is 10.2 Å². The van der Waals surface area contributed by atoms with Gasteiger partial charge in [0.25, 0.3) is 16.1 Å². The molecule has 128 valence electrons. The first-order valence-electron chi connectivity index (χ1n) is 7.73. The van der Waals surface area contributed by atoms with Crippen LogP contribution < -0.4 is 4.72 Å². The van der Waals surface area contributed by atoms with Gasteiger partial charge in [0.2, 0.25) is 0 Å². The summed E-state index contributed by atoms with van der Waals surface area (Å²) in [4.78, 5) is 17.4. The van der Waals surface area contributed by atoms with Crippen LogP contribution in [0.3, 0.4) is 0 Å². The minimum absolute atomic E-state index is 0.112. The van der Waals surface area contributed by atoms with E-state index in [1.165, 1.54) is 11.4 Å².